The van der Waals surface area contributed by atoms with Crippen molar-refractivity contribution in [1.29, 1.82) is 0 Å². The Morgan fingerprint density at radius 2 is 2.06 bits per heavy atom. The number of allylic oxidation sites excluding steroid dienone is 2. The van der Waals surface area contributed by atoms with Gasteiger partial charge in [-0.3, -0.25) is 0 Å². The van der Waals surface area contributed by atoms with Crippen molar-refractivity contribution in [1.82, 2.24) is 0 Å². The minimum absolute atomic E-state index is 0.139. The van der Waals surface area contributed by atoms with Gasteiger partial charge in [0.25, 0.3) is 6.71 Å². The van der Waals surface area contributed by atoms with Gasteiger partial charge in [0.1, 0.15) is 11.6 Å². The zero-order valence-electron chi connectivity index (χ0n) is 9.30. The van der Waals surface area contributed by atoms with Crippen molar-refractivity contribution < 1.29 is 19.3 Å². The minimum atomic E-state index is -2.11. The molecule has 0 fully saturated rings. The Bertz CT molecular complexity index is 483. The summed E-state index contributed by atoms with van der Waals surface area (Å²) >= 11 is 0. The highest BCUT2D eigenvalue weighted by molar-refractivity contribution is 6.81. The van der Waals surface area contributed by atoms with Gasteiger partial charge in [-0.25, -0.2) is 4.39 Å². The van der Waals surface area contributed by atoms with Gasteiger partial charge in [-0.2, -0.15) is 0 Å². The molecule has 0 spiro atoms. The molecule has 0 aliphatic carbocycles. The normalized spacial score (nSPS) is 17.3. The van der Waals surface area contributed by atoms with Gasteiger partial charge in [0.05, 0.1) is 7.11 Å². The quantitative estimate of drug-likeness (QED) is 0.576. The molecule has 0 saturated heterocycles. The molecule has 1 heterocycles. The minimum Gasteiger partial charge on any atom is -0.497 e. The second kappa shape index (κ2) is 4.35. The van der Waals surface area contributed by atoms with Crippen molar-refractivity contribution in [2.45, 2.75) is 5.69 Å². The van der Waals surface area contributed by atoms with E-state index in [9.17, 15) is 14.6 Å². The average Bonchev–Trinajstić information content (AvgIpc) is 2.29. The van der Waals surface area contributed by atoms with Crippen LogP contribution in [0.15, 0.2) is 42.4 Å². The summed E-state index contributed by atoms with van der Waals surface area (Å²) < 4.78 is 18.9. The lowest BCUT2D eigenvalue weighted by Gasteiger charge is -2.27. The van der Waals surface area contributed by atoms with E-state index in [1.807, 2.05) is 0 Å². The maximum Gasteiger partial charge on any atom is 0.285 e. The molecule has 1 aliphatic rings. The molecular formula is C12H12BFO3. The molecule has 0 bridgehead atoms. The van der Waals surface area contributed by atoms with E-state index in [0.29, 0.717) is 5.75 Å². The molecule has 1 aromatic rings. The number of ether oxygens (including phenoxy) is 1. The van der Waals surface area contributed by atoms with Gasteiger partial charge in [0.2, 0.25) is 0 Å². The fourth-order valence-electron chi connectivity index (χ4n) is 1.92. The smallest absolute Gasteiger partial charge is 0.285 e. The molecule has 0 unspecified atom stereocenters. The van der Waals surface area contributed by atoms with Crippen LogP contribution in [0.2, 0.25) is 0 Å². The van der Waals surface area contributed by atoms with Crippen LogP contribution in [-0.4, -0.2) is 29.7 Å². The molecule has 1 aromatic carbocycles. The first-order valence-corrected chi connectivity index (χ1v) is 5.19. The van der Waals surface area contributed by atoms with Gasteiger partial charge in [-0.05, 0) is 18.2 Å². The Kier molecular flexibility index (Phi) is 3.04. The van der Waals surface area contributed by atoms with Crippen LogP contribution in [0.25, 0.3) is 0 Å². The van der Waals surface area contributed by atoms with Crippen LogP contribution in [0.4, 0.5) is 4.39 Å². The summed E-state index contributed by atoms with van der Waals surface area (Å²) in [5.74, 6) is 1.30. The second-order valence-corrected chi connectivity index (χ2v) is 3.86. The lowest BCUT2D eigenvalue weighted by molar-refractivity contribution is -0.0472. The first-order valence-electron chi connectivity index (χ1n) is 5.19. The monoisotopic (exact) mass is 234 g/mol. The van der Waals surface area contributed by atoms with Gasteiger partial charge < -0.3 is 14.9 Å². The highest BCUT2D eigenvalue weighted by Crippen LogP contribution is 2.19. The molecule has 2 rings (SSSR count). The molecule has 0 aromatic heterocycles. The van der Waals surface area contributed by atoms with E-state index in [0.717, 1.165) is 0 Å². The molecule has 0 radical (unpaired) electrons. The number of benzene rings is 1. The Morgan fingerprint density at radius 1 is 1.29 bits per heavy atom. The highest BCUT2D eigenvalue weighted by Gasteiger charge is 2.40. The van der Waals surface area contributed by atoms with Crippen LogP contribution < -0.4 is 10.2 Å². The Balaban J connectivity index is 2.54. The molecule has 2 N–H and O–H groups in total. The van der Waals surface area contributed by atoms with Crippen LogP contribution in [0.1, 0.15) is 0 Å². The number of methoxy groups -OCH3 is 1. The number of aliphatic hydroxyl groups is 2. The van der Waals surface area contributed by atoms with Gasteiger partial charge in [0, 0.05) is 5.46 Å². The van der Waals surface area contributed by atoms with Crippen LogP contribution in [0, 0.1) is 5.82 Å². The van der Waals surface area contributed by atoms with Gasteiger partial charge >= 0.3 is 0 Å². The highest BCUT2D eigenvalue weighted by atomic mass is 19.1. The van der Waals surface area contributed by atoms with Crippen molar-refractivity contribution in [2.24, 2.45) is 0 Å². The largest absolute Gasteiger partial charge is 0.497 e. The van der Waals surface area contributed by atoms with Crippen molar-refractivity contribution in [3.05, 3.63) is 48.2 Å². The summed E-state index contributed by atoms with van der Waals surface area (Å²) in [6, 6.07) is 4.36. The van der Waals surface area contributed by atoms with Crippen LogP contribution in [0.3, 0.4) is 0 Å². The van der Waals surface area contributed by atoms with E-state index < -0.39 is 18.2 Å². The summed E-state index contributed by atoms with van der Waals surface area (Å²) in [5.41, 5.74) is -1.97. The first-order chi connectivity index (χ1) is 8.06. The molecule has 0 atom stereocenters. The zero-order valence-corrected chi connectivity index (χ0v) is 9.30. The third-order valence-corrected chi connectivity index (χ3v) is 2.76. The Hall–Kier alpha value is -1.59. The molecule has 0 saturated carbocycles. The van der Waals surface area contributed by atoms with E-state index in [-0.39, 0.29) is 5.46 Å². The molecular weight excluding hydrogens is 222 g/mol. The first kappa shape index (κ1) is 11.9. The topological polar surface area (TPSA) is 49.7 Å². The maximum absolute atomic E-state index is 13.8. The number of rotatable bonds is 2. The Labute approximate surface area is 98.9 Å². The van der Waals surface area contributed by atoms with Crippen LogP contribution >= 0.6 is 0 Å². The fraction of sp³-hybridized carbons (Fsp3) is 0.167. The Morgan fingerprint density at radius 3 is 2.71 bits per heavy atom. The lowest BCUT2D eigenvalue weighted by Crippen LogP contribution is -2.53. The number of halogens is 1. The zero-order chi connectivity index (χ0) is 12.5. The van der Waals surface area contributed by atoms with Gasteiger partial charge in [-0.1, -0.05) is 18.2 Å². The summed E-state index contributed by atoms with van der Waals surface area (Å²) in [6.45, 7) is -0.886. The third-order valence-electron chi connectivity index (χ3n) is 2.76. The SMILES string of the molecule is COc1cccc(F)c1B1C=CC=CC1(O)O. The number of hydrogen-bond acceptors (Lipinski definition) is 3. The van der Waals surface area contributed by atoms with E-state index in [4.69, 9.17) is 4.74 Å². The van der Waals surface area contributed by atoms with Gasteiger partial charge in [0.15, 0.2) is 5.69 Å². The molecule has 17 heavy (non-hydrogen) atoms. The lowest BCUT2D eigenvalue weighted by atomic mass is 9.37. The fourth-order valence-corrected chi connectivity index (χ4v) is 1.92. The third kappa shape index (κ3) is 2.11. The molecule has 5 heteroatoms. The van der Waals surface area contributed by atoms with Crippen molar-refractivity contribution in [3.8, 4) is 5.75 Å². The predicted molar refractivity (Wildman–Crippen MR) is 63.8 cm³/mol. The van der Waals surface area contributed by atoms with E-state index >= 15 is 0 Å². The second-order valence-electron chi connectivity index (χ2n) is 3.86. The summed E-state index contributed by atoms with van der Waals surface area (Å²) in [6.07, 6.45) is 4.36. The summed E-state index contributed by atoms with van der Waals surface area (Å²) in [5, 5.41) is 19.7. The summed E-state index contributed by atoms with van der Waals surface area (Å²) in [7, 11) is 1.41. The predicted octanol–water partition coefficient (Wildman–Crippen LogP) is 0.421. The summed E-state index contributed by atoms with van der Waals surface area (Å²) in [4.78, 5) is 0. The van der Waals surface area contributed by atoms with Crippen LogP contribution in [0.5, 0.6) is 5.75 Å². The maximum atomic E-state index is 13.8. The van der Waals surface area contributed by atoms with E-state index in [2.05, 4.69) is 0 Å². The van der Waals surface area contributed by atoms with Crippen molar-refractivity contribution >= 4 is 12.2 Å². The molecule has 1 aliphatic heterocycles. The molecule has 3 nitrogen and oxygen atoms in total. The van der Waals surface area contributed by atoms with Crippen molar-refractivity contribution in [3.63, 3.8) is 0 Å². The molecule has 88 valence electrons. The van der Waals surface area contributed by atoms with E-state index in [1.54, 1.807) is 12.1 Å². The number of hydrogen-bond donors (Lipinski definition) is 2. The van der Waals surface area contributed by atoms with Gasteiger partial charge in [-0.15, -0.1) is 5.98 Å². The standard InChI is InChI=1S/C12H12BFO3/c1-17-10-6-4-5-9(14)11(10)13-8-3-2-7-12(13,15)16/h2-8,15-16H,1H3. The van der Waals surface area contributed by atoms with Crippen molar-refractivity contribution in [2.75, 3.05) is 7.11 Å². The average molecular weight is 234 g/mol. The van der Waals surface area contributed by atoms with Crippen LogP contribution in [-0.2, 0) is 0 Å². The molecule has 0 amide bonds. The van der Waals surface area contributed by atoms with E-state index in [1.165, 1.54) is 37.4 Å².